The second-order valence-electron chi connectivity index (χ2n) is 11.8. The highest BCUT2D eigenvalue weighted by Crippen LogP contribution is 2.52. The summed E-state index contributed by atoms with van der Waals surface area (Å²) >= 11 is 0. The van der Waals surface area contributed by atoms with Crippen LogP contribution in [0, 0.1) is 0 Å². The van der Waals surface area contributed by atoms with Gasteiger partial charge in [-0.1, -0.05) is 12.1 Å². The van der Waals surface area contributed by atoms with E-state index >= 15 is 0 Å². The second-order valence-corrected chi connectivity index (χ2v) is 11.8. The topological polar surface area (TPSA) is 192 Å². The number of hydrogen-bond acceptors (Lipinski definition) is 12. The molecule has 42 heavy (non-hydrogen) atoms. The molecule has 2 aliphatic carbocycles. The smallest absolute Gasteiger partial charge is 0.202 e. The van der Waals surface area contributed by atoms with Crippen molar-refractivity contribution in [2.24, 2.45) is 5.73 Å². The van der Waals surface area contributed by atoms with Crippen LogP contribution in [0.2, 0.25) is 0 Å². The molecule has 2 heterocycles. The number of aliphatic hydroxyl groups is 2. The molecule has 226 valence electrons. The Bertz CT molecular complexity index is 1440. The number of carbonyl (C=O) groups excluding carboxylic acids is 2. The first-order valence-corrected chi connectivity index (χ1v) is 14.2. The number of nitrogens with zero attached hydrogens (tertiary/aromatic N) is 1. The van der Waals surface area contributed by atoms with E-state index in [-0.39, 0.29) is 53.1 Å². The lowest BCUT2D eigenvalue weighted by Crippen LogP contribution is -2.58. The van der Waals surface area contributed by atoms with Crippen LogP contribution in [-0.2, 0) is 20.6 Å². The van der Waals surface area contributed by atoms with Crippen LogP contribution < -0.4 is 5.73 Å². The molecule has 12 heteroatoms. The Morgan fingerprint density at radius 1 is 1.07 bits per heavy atom. The first kappa shape index (κ1) is 29.0. The number of aromatic hydroxyl groups is 3. The predicted octanol–water partition coefficient (Wildman–Crippen LogP) is 0.858. The Hall–Kier alpha value is -3.10. The molecule has 7 atom stereocenters. The molecule has 7 N–H and O–H groups in total. The Balaban J connectivity index is 1.43. The third-order valence-electron chi connectivity index (χ3n) is 9.29. The molecule has 0 spiro atoms. The zero-order chi connectivity index (χ0) is 30.1. The van der Waals surface area contributed by atoms with Gasteiger partial charge in [-0.2, -0.15) is 0 Å². The molecule has 0 aromatic heterocycles. The molecular formula is C30H36N2O10. The van der Waals surface area contributed by atoms with Gasteiger partial charge in [0, 0.05) is 47.8 Å². The van der Waals surface area contributed by atoms with Crippen molar-refractivity contribution >= 4 is 11.6 Å². The van der Waals surface area contributed by atoms with E-state index in [0.717, 1.165) is 0 Å². The van der Waals surface area contributed by atoms with Gasteiger partial charge in [0.1, 0.15) is 17.2 Å². The highest BCUT2D eigenvalue weighted by atomic mass is 16.7. The minimum Gasteiger partial charge on any atom is -0.507 e. The number of aliphatic hydroxyl groups excluding tert-OH is 2. The van der Waals surface area contributed by atoms with E-state index in [1.165, 1.54) is 25.1 Å². The molecule has 0 amide bonds. The Morgan fingerprint density at radius 3 is 2.45 bits per heavy atom. The van der Waals surface area contributed by atoms with Gasteiger partial charge in [-0.25, -0.2) is 0 Å². The molecular weight excluding hydrogens is 548 g/mol. The van der Waals surface area contributed by atoms with Gasteiger partial charge >= 0.3 is 0 Å². The number of ether oxygens (including phenoxy) is 3. The number of phenols is 3. The van der Waals surface area contributed by atoms with E-state index in [1.54, 1.807) is 6.92 Å². The minimum absolute atomic E-state index is 0.00750. The average molecular weight is 585 g/mol. The quantitative estimate of drug-likeness (QED) is 0.237. The maximum absolute atomic E-state index is 13.6. The van der Waals surface area contributed by atoms with Crippen LogP contribution in [0.4, 0.5) is 0 Å². The first-order valence-electron chi connectivity index (χ1n) is 14.2. The molecule has 4 aliphatic rings. The van der Waals surface area contributed by atoms with Crippen molar-refractivity contribution in [2.45, 2.75) is 75.4 Å². The van der Waals surface area contributed by atoms with Gasteiger partial charge < -0.3 is 45.5 Å². The van der Waals surface area contributed by atoms with Gasteiger partial charge in [0.15, 0.2) is 12.1 Å². The molecule has 0 saturated carbocycles. The lowest BCUT2D eigenvalue weighted by molar-refractivity contribution is -0.258. The van der Waals surface area contributed by atoms with Gasteiger partial charge in [-0.3, -0.25) is 14.5 Å². The van der Waals surface area contributed by atoms with Crippen molar-refractivity contribution in [1.29, 1.82) is 0 Å². The maximum Gasteiger partial charge on any atom is 0.202 e. The fourth-order valence-electron chi connectivity index (χ4n) is 6.84. The summed E-state index contributed by atoms with van der Waals surface area (Å²) in [4.78, 5) is 29.2. The van der Waals surface area contributed by atoms with E-state index in [9.17, 15) is 35.1 Å². The summed E-state index contributed by atoms with van der Waals surface area (Å²) in [5, 5.41) is 55.1. The van der Waals surface area contributed by atoms with Crippen LogP contribution in [-0.4, -0.2) is 104 Å². The van der Waals surface area contributed by atoms with Crippen LogP contribution in [0.3, 0.4) is 0 Å². The molecule has 2 fully saturated rings. The van der Waals surface area contributed by atoms with Crippen molar-refractivity contribution in [1.82, 2.24) is 4.90 Å². The summed E-state index contributed by atoms with van der Waals surface area (Å²) in [5.74, 6) is -3.07. The number of fused-ring (bicyclic) bond motifs is 3. The zero-order valence-electron chi connectivity index (χ0n) is 23.4. The molecule has 1 unspecified atom stereocenters. The third-order valence-corrected chi connectivity index (χ3v) is 9.29. The van der Waals surface area contributed by atoms with Gasteiger partial charge in [0.2, 0.25) is 5.78 Å². The fraction of sp³-hybridized carbons (Fsp3) is 0.533. The van der Waals surface area contributed by atoms with Crippen molar-refractivity contribution in [3.8, 4) is 17.2 Å². The SMILES string of the molecule is CC(O)[C@]1(N)Cc2c(O)c3c(c(O)c2[C@@H](O[C@H]2C[C@H](N4CCOCC4)[C@H](O)[C@H](C)O2)C1)C(=O)c1c(O)cccc1C3=O. The number of hydrogen-bond donors (Lipinski definition) is 6. The number of phenolic OH excluding ortho intramolecular Hbond substituents is 3. The van der Waals surface area contributed by atoms with E-state index in [0.29, 0.717) is 26.3 Å². The Morgan fingerprint density at radius 2 is 1.76 bits per heavy atom. The van der Waals surface area contributed by atoms with E-state index in [4.69, 9.17) is 19.9 Å². The van der Waals surface area contributed by atoms with Crippen molar-refractivity contribution in [3.63, 3.8) is 0 Å². The lowest BCUT2D eigenvalue weighted by atomic mass is 9.70. The second kappa shape index (κ2) is 10.6. The number of morpholine rings is 1. The number of ketones is 2. The van der Waals surface area contributed by atoms with E-state index in [2.05, 4.69) is 4.90 Å². The van der Waals surface area contributed by atoms with Crippen LogP contribution in [0.25, 0.3) is 0 Å². The molecule has 2 aliphatic heterocycles. The summed E-state index contributed by atoms with van der Waals surface area (Å²) in [6.07, 6.45) is -4.22. The van der Waals surface area contributed by atoms with Gasteiger partial charge in [-0.15, -0.1) is 0 Å². The highest BCUT2D eigenvalue weighted by molar-refractivity contribution is 6.31. The summed E-state index contributed by atoms with van der Waals surface area (Å²) in [6, 6.07) is 3.75. The molecule has 2 aromatic carbocycles. The summed E-state index contributed by atoms with van der Waals surface area (Å²) in [7, 11) is 0. The summed E-state index contributed by atoms with van der Waals surface area (Å²) in [5.41, 5.74) is 4.30. The lowest BCUT2D eigenvalue weighted by Gasteiger charge is -2.47. The molecule has 0 radical (unpaired) electrons. The van der Waals surface area contributed by atoms with Crippen LogP contribution in [0.5, 0.6) is 17.2 Å². The summed E-state index contributed by atoms with van der Waals surface area (Å²) < 4.78 is 17.9. The molecule has 12 nitrogen and oxygen atoms in total. The van der Waals surface area contributed by atoms with Crippen molar-refractivity contribution in [3.05, 3.63) is 51.6 Å². The number of carbonyl (C=O) groups is 2. The minimum atomic E-state index is -1.32. The van der Waals surface area contributed by atoms with Gasteiger partial charge in [0.25, 0.3) is 0 Å². The maximum atomic E-state index is 13.6. The Kier molecular flexibility index (Phi) is 7.29. The van der Waals surface area contributed by atoms with Gasteiger partial charge in [0.05, 0.1) is 54.3 Å². The Labute approximate surface area is 242 Å². The van der Waals surface area contributed by atoms with E-state index < -0.39 is 70.6 Å². The monoisotopic (exact) mass is 584 g/mol. The fourth-order valence-corrected chi connectivity index (χ4v) is 6.84. The molecule has 6 rings (SSSR count). The largest absolute Gasteiger partial charge is 0.507 e. The molecule has 2 saturated heterocycles. The van der Waals surface area contributed by atoms with Crippen LogP contribution in [0.15, 0.2) is 18.2 Å². The summed E-state index contributed by atoms with van der Waals surface area (Å²) in [6.45, 7) is 5.58. The number of benzene rings is 2. The van der Waals surface area contributed by atoms with Crippen molar-refractivity contribution in [2.75, 3.05) is 26.3 Å². The van der Waals surface area contributed by atoms with Crippen LogP contribution >= 0.6 is 0 Å². The molecule has 0 bridgehead atoms. The average Bonchev–Trinajstić information content (AvgIpc) is 2.95. The highest BCUT2D eigenvalue weighted by Gasteiger charge is 2.49. The van der Waals surface area contributed by atoms with Crippen molar-refractivity contribution < 1.29 is 49.3 Å². The normalized spacial score (nSPS) is 32.2. The van der Waals surface area contributed by atoms with Crippen LogP contribution in [0.1, 0.15) is 75.8 Å². The predicted molar refractivity (Wildman–Crippen MR) is 147 cm³/mol. The zero-order valence-corrected chi connectivity index (χ0v) is 23.4. The standard InChI is InChI=1S/C30H36N2O10/c1-13-25(35)17(32-6-8-40-9-7-32)10-20(41-13)42-19-12-30(31,14(2)33)11-16-22(19)29(39)24-23(27(16)37)26(36)15-4-3-5-18(34)21(15)28(24)38/h3-5,13-14,17,19-20,25,33-35,37,39H,6-12,31H2,1-2H3/t13-,14?,17-,19-,20-,25+,30-/m0/s1. The first-order chi connectivity index (χ1) is 19.9. The number of rotatable bonds is 4. The van der Waals surface area contributed by atoms with E-state index in [1.807, 2.05) is 0 Å². The van der Waals surface area contributed by atoms with Gasteiger partial charge in [-0.05, 0) is 32.8 Å². The number of nitrogens with two attached hydrogens (primary N) is 1. The third kappa shape index (κ3) is 4.49. The molecule has 2 aromatic rings.